The Morgan fingerprint density at radius 2 is 2.05 bits per heavy atom. The van der Waals surface area contributed by atoms with Crippen molar-refractivity contribution in [2.24, 2.45) is 11.5 Å². The Morgan fingerprint density at radius 1 is 1.38 bits per heavy atom. The minimum absolute atomic E-state index is 0.123. The van der Waals surface area contributed by atoms with Crippen molar-refractivity contribution in [3.8, 4) is 0 Å². The van der Waals surface area contributed by atoms with Crippen LogP contribution in [-0.4, -0.2) is 43.3 Å². The van der Waals surface area contributed by atoms with Crippen molar-refractivity contribution in [3.63, 3.8) is 0 Å². The normalized spacial score (nSPS) is 25.6. The summed E-state index contributed by atoms with van der Waals surface area (Å²) in [5.41, 5.74) is 11.6. The van der Waals surface area contributed by atoms with Crippen LogP contribution in [0.5, 0.6) is 0 Å². The molecule has 2 atom stereocenters. The highest BCUT2D eigenvalue weighted by atomic mass is 19.1. The third kappa shape index (κ3) is 4.75. The van der Waals surface area contributed by atoms with E-state index in [4.69, 9.17) is 20.9 Å². The third-order valence-corrected chi connectivity index (χ3v) is 3.51. The maximum atomic E-state index is 13.9. The molecule has 1 heterocycles. The summed E-state index contributed by atoms with van der Waals surface area (Å²) in [4.78, 5) is 2.22. The second kappa shape index (κ2) is 8.05. The van der Waals surface area contributed by atoms with Crippen LogP contribution in [0.1, 0.15) is 20.8 Å². The molecule has 120 valence electrons. The van der Waals surface area contributed by atoms with Gasteiger partial charge in [-0.15, -0.1) is 0 Å². The fraction of sp³-hybridized carbons (Fsp3) is 0.600. The lowest BCUT2D eigenvalue weighted by atomic mass is 10.2. The summed E-state index contributed by atoms with van der Waals surface area (Å²) in [6.07, 6.45) is 3.77. The van der Waals surface area contributed by atoms with Crippen LogP contribution in [0.4, 0.5) is 4.39 Å². The first-order chi connectivity index (χ1) is 9.92. The largest absolute Gasteiger partial charge is 0.494 e. The van der Waals surface area contributed by atoms with Gasteiger partial charge < -0.3 is 20.9 Å². The van der Waals surface area contributed by atoms with E-state index in [1.165, 1.54) is 25.5 Å². The summed E-state index contributed by atoms with van der Waals surface area (Å²) >= 11 is 0. The van der Waals surface area contributed by atoms with Crippen LogP contribution in [0.25, 0.3) is 0 Å². The molecular formula is C15H26FN3O2. The van der Waals surface area contributed by atoms with Crippen molar-refractivity contribution in [1.82, 2.24) is 4.90 Å². The molecule has 0 saturated carbocycles. The van der Waals surface area contributed by atoms with Crippen LogP contribution in [0, 0.1) is 0 Å². The number of allylic oxidation sites excluding steroid dienone is 3. The number of nitrogens with zero attached hydrogens (tertiary/aromatic N) is 1. The Bertz CT molecular complexity index is 433. The number of likely N-dealkylation sites (tertiary alicyclic amines) is 1. The van der Waals surface area contributed by atoms with Crippen molar-refractivity contribution < 1.29 is 13.9 Å². The fourth-order valence-corrected chi connectivity index (χ4v) is 2.22. The first-order valence-electron chi connectivity index (χ1n) is 7.09. The van der Waals surface area contributed by atoms with Gasteiger partial charge in [-0.25, -0.2) is 4.39 Å². The quantitative estimate of drug-likeness (QED) is 0.576. The van der Waals surface area contributed by atoms with Crippen LogP contribution in [0.15, 0.2) is 35.7 Å². The molecule has 0 aromatic carbocycles. The zero-order chi connectivity index (χ0) is 16.0. The number of nitrogens with two attached hydrogens (primary N) is 2. The number of ether oxygens (including phenoxy) is 2. The number of methoxy groups -OCH3 is 1. The van der Waals surface area contributed by atoms with Gasteiger partial charge in [0.2, 0.25) is 0 Å². The molecule has 1 aliphatic heterocycles. The molecule has 0 aliphatic carbocycles. The van der Waals surface area contributed by atoms with Crippen LogP contribution in [0.2, 0.25) is 0 Å². The van der Waals surface area contributed by atoms with Crippen LogP contribution < -0.4 is 11.5 Å². The second-order valence-electron chi connectivity index (χ2n) is 5.29. The van der Waals surface area contributed by atoms with Crippen molar-refractivity contribution in [1.29, 1.82) is 0 Å². The van der Waals surface area contributed by atoms with Gasteiger partial charge >= 0.3 is 0 Å². The average molecular weight is 299 g/mol. The zero-order valence-electron chi connectivity index (χ0n) is 13.2. The molecule has 5 nitrogen and oxygen atoms in total. The number of hydrogen-bond acceptors (Lipinski definition) is 5. The van der Waals surface area contributed by atoms with Gasteiger partial charge in [0, 0.05) is 31.4 Å². The lowest BCUT2D eigenvalue weighted by molar-refractivity contribution is 0.114. The molecule has 1 fully saturated rings. The summed E-state index contributed by atoms with van der Waals surface area (Å²) in [5.74, 6) is -0.156. The molecular weight excluding hydrogens is 273 g/mol. The smallest absolute Gasteiger partial charge is 0.168 e. The van der Waals surface area contributed by atoms with Crippen molar-refractivity contribution in [2.75, 3.05) is 20.2 Å². The van der Waals surface area contributed by atoms with Gasteiger partial charge in [0.15, 0.2) is 5.83 Å². The molecule has 0 aromatic heterocycles. The molecule has 1 aliphatic rings. The second-order valence-corrected chi connectivity index (χ2v) is 5.29. The third-order valence-electron chi connectivity index (χ3n) is 3.51. The van der Waals surface area contributed by atoms with E-state index in [-0.39, 0.29) is 23.7 Å². The Kier molecular flexibility index (Phi) is 6.71. The lowest BCUT2D eigenvalue weighted by Gasteiger charge is -2.20. The predicted molar refractivity (Wildman–Crippen MR) is 81.8 cm³/mol. The molecule has 0 spiro atoms. The van der Waals surface area contributed by atoms with Gasteiger partial charge in [-0.3, -0.25) is 4.90 Å². The average Bonchev–Trinajstić information content (AvgIpc) is 2.81. The van der Waals surface area contributed by atoms with Crippen LogP contribution in [0.3, 0.4) is 0 Å². The fourth-order valence-electron chi connectivity index (χ4n) is 2.22. The zero-order valence-corrected chi connectivity index (χ0v) is 13.2. The van der Waals surface area contributed by atoms with Gasteiger partial charge in [-0.05, 0) is 26.8 Å². The van der Waals surface area contributed by atoms with E-state index in [1.54, 1.807) is 6.92 Å². The van der Waals surface area contributed by atoms with E-state index >= 15 is 0 Å². The molecule has 21 heavy (non-hydrogen) atoms. The van der Waals surface area contributed by atoms with Gasteiger partial charge in [-0.1, -0.05) is 0 Å². The first-order valence-corrected chi connectivity index (χ1v) is 7.09. The van der Waals surface area contributed by atoms with Gasteiger partial charge in [0.1, 0.15) is 17.6 Å². The number of halogens is 1. The monoisotopic (exact) mass is 299 g/mol. The minimum atomic E-state index is -0.538. The summed E-state index contributed by atoms with van der Waals surface area (Å²) in [6.45, 7) is 7.35. The highest BCUT2D eigenvalue weighted by Crippen LogP contribution is 2.20. The van der Waals surface area contributed by atoms with E-state index in [0.717, 1.165) is 6.54 Å². The van der Waals surface area contributed by atoms with E-state index in [2.05, 4.69) is 18.7 Å². The Balaban J connectivity index is 2.74. The Labute approximate surface area is 126 Å². The molecule has 1 rings (SSSR count). The minimum Gasteiger partial charge on any atom is -0.494 e. The van der Waals surface area contributed by atoms with Crippen molar-refractivity contribution >= 4 is 0 Å². The molecule has 0 aromatic rings. The SMILES string of the molecule is C\C=C(OC)/C(F)=C\C(=C/N)OC1CN(C(C)C)CC1N. The topological polar surface area (TPSA) is 73.7 Å². The van der Waals surface area contributed by atoms with E-state index in [9.17, 15) is 4.39 Å². The predicted octanol–water partition coefficient (Wildman–Crippen LogP) is 1.63. The standard InChI is InChI=1S/C15H26FN3O2/c1-5-14(20-4)12(16)6-11(7-17)21-15-9-19(10(2)3)8-13(15)18/h5-7,10,13,15H,8-9,17-18H2,1-4H3/b11-7+,12-6+,14-5+. The number of hydrogen-bond donors (Lipinski definition) is 2. The molecule has 1 saturated heterocycles. The highest BCUT2D eigenvalue weighted by Gasteiger charge is 2.33. The summed E-state index contributed by atoms with van der Waals surface area (Å²) < 4.78 is 24.6. The van der Waals surface area contributed by atoms with Crippen molar-refractivity contribution in [2.45, 2.75) is 39.0 Å². The van der Waals surface area contributed by atoms with E-state index in [1.807, 2.05) is 0 Å². The van der Waals surface area contributed by atoms with Crippen LogP contribution in [-0.2, 0) is 9.47 Å². The Morgan fingerprint density at radius 3 is 2.48 bits per heavy atom. The molecule has 0 amide bonds. The summed E-state index contributed by atoms with van der Waals surface area (Å²) in [5, 5.41) is 0. The summed E-state index contributed by atoms with van der Waals surface area (Å²) in [7, 11) is 1.41. The molecule has 4 N–H and O–H groups in total. The van der Waals surface area contributed by atoms with Gasteiger partial charge in [-0.2, -0.15) is 0 Å². The first kappa shape index (κ1) is 17.5. The van der Waals surface area contributed by atoms with E-state index in [0.29, 0.717) is 12.6 Å². The van der Waals surface area contributed by atoms with Crippen LogP contribution >= 0.6 is 0 Å². The molecule has 0 bridgehead atoms. The van der Waals surface area contributed by atoms with Gasteiger partial charge in [0.05, 0.1) is 13.2 Å². The highest BCUT2D eigenvalue weighted by molar-refractivity contribution is 5.26. The molecule has 6 heteroatoms. The van der Waals surface area contributed by atoms with Gasteiger partial charge in [0.25, 0.3) is 0 Å². The molecule has 0 radical (unpaired) electrons. The van der Waals surface area contributed by atoms with Crippen molar-refractivity contribution in [3.05, 3.63) is 35.7 Å². The summed E-state index contributed by atoms with van der Waals surface area (Å²) in [6, 6.07) is 0.271. The maximum Gasteiger partial charge on any atom is 0.168 e. The number of rotatable bonds is 6. The maximum absolute atomic E-state index is 13.9. The lowest BCUT2D eigenvalue weighted by Crippen LogP contribution is -2.35. The Hall–Kier alpha value is -1.53. The van der Waals surface area contributed by atoms with E-state index < -0.39 is 5.83 Å². The molecule has 2 unspecified atom stereocenters.